The van der Waals surface area contributed by atoms with Crippen molar-refractivity contribution in [3.63, 3.8) is 0 Å². The normalized spacial score (nSPS) is 9.38. The van der Waals surface area contributed by atoms with Crippen molar-refractivity contribution < 1.29 is 9.53 Å². The zero-order valence-electron chi connectivity index (χ0n) is 7.52. The van der Waals surface area contributed by atoms with Crippen LogP contribution in [0, 0.1) is 0 Å². The number of pyridine rings is 1. The largest absolute Gasteiger partial charge is 0.452 e. The van der Waals surface area contributed by atoms with E-state index >= 15 is 0 Å². The number of nitrogen functional groups attached to an aromatic ring is 1. The predicted octanol–water partition coefficient (Wildman–Crippen LogP) is 0.866. The lowest BCUT2D eigenvalue weighted by Gasteiger charge is -2.15. The summed E-state index contributed by atoms with van der Waals surface area (Å²) in [6.45, 7) is 0. The van der Waals surface area contributed by atoms with Crippen LogP contribution < -0.4 is 10.6 Å². The molecule has 0 radical (unpaired) electrons. The number of amides is 1. The molecule has 5 heteroatoms. The molecule has 1 rings (SSSR count). The van der Waals surface area contributed by atoms with E-state index < -0.39 is 6.09 Å². The molecule has 5 nitrogen and oxygen atoms in total. The van der Waals surface area contributed by atoms with E-state index in [4.69, 9.17) is 5.73 Å². The second-order valence-corrected chi connectivity index (χ2v) is 2.45. The van der Waals surface area contributed by atoms with E-state index in [-0.39, 0.29) is 0 Å². The van der Waals surface area contributed by atoms with E-state index in [9.17, 15) is 4.79 Å². The molecular formula is C8H11N3O2. The minimum Gasteiger partial charge on any atom is -0.452 e. The van der Waals surface area contributed by atoms with E-state index in [0.717, 1.165) is 0 Å². The number of hydrogen-bond acceptors (Lipinski definition) is 4. The molecule has 0 unspecified atom stereocenters. The number of anilines is 2. The van der Waals surface area contributed by atoms with E-state index in [1.165, 1.54) is 12.0 Å². The number of carbonyl (C=O) groups excluding carboxylic acids is 1. The average Bonchev–Trinajstić information content (AvgIpc) is 2.16. The minimum absolute atomic E-state index is 0.398. The maximum absolute atomic E-state index is 11.1. The van der Waals surface area contributed by atoms with Gasteiger partial charge in [0.15, 0.2) is 5.82 Å². The maximum atomic E-state index is 11.1. The summed E-state index contributed by atoms with van der Waals surface area (Å²) >= 11 is 0. The van der Waals surface area contributed by atoms with Crippen molar-refractivity contribution in [1.29, 1.82) is 0 Å². The topological polar surface area (TPSA) is 68.5 Å². The molecule has 0 saturated heterocycles. The Morgan fingerprint density at radius 3 is 2.92 bits per heavy atom. The average molecular weight is 181 g/mol. The van der Waals surface area contributed by atoms with Crippen LogP contribution >= 0.6 is 0 Å². The second-order valence-electron chi connectivity index (χ2n) is 2.45. The summed E-state index contributed by atoms with van der Waals surface area (Å²) in [5.41, 5.74) is 6.04. The van der Waals surface area contributed by atoms with E-state index in [0.29, 0.717) is 11.5 Å². The number of aromatic nitrogens is 1. The highest BCUT2D eigenvalue weighted by Gasteiger charge is 2.13. The van der Waals surface area contributed by atoms with Crippen molar-refractivity contribution in [3.05, 3.63) is 18.3 Å². The van der Waals surface area contributed by atoms with Crippen LogP contribution in [-0.2, 0) is 4.74 Å². The molecule has 0 aromatic carbocycles. The van der Waals surface area contributed by atoms with Gasteiger partial charge in [-0.2, -0.15) is 0 Å². The molecule has 1 aromatic heterocycles. The second kappa shape index (κ2) is 3.75. The van der Waals surface area contributed by atoms with Gasteiger partial charge >= 0.3 is 6.09 Å². The summed E-state index contributed by atoms with van der Waals surface area (Å²) in [5, 5.41) is 0. The van der Waals surface area contributed by atoms with E-state index in [2.05, 4.69) is 9.72 Å². The highest BCUT2D eigenvalue weighted by atomic mass is 16.5. The SMILES string of the molecule is COC(=O)N(C)c1ncccc1N. The fourth-order valence-electron chi connectivity index (χ4n) is 0.913. The molecule has 0 spiro atoms. The molecule has 0 aliphatic rings. The lowest BCUT2D eigenvalue weighted by atomic mass is 10.4. The van der Waals surface area contributed by atoms with Crippen LogP contribution in [0.25, 0.3) is 0 Å². The van der Waals surface area contributed by atoms with Gasteiger partial charge in [-0.05, 0) is 12.1 Å². The third kappa shape index (κ3) is 1.87. The fourth-order valence-corrected chi connectivity index (χ4v) is 0.913. The van der Waals surface area contributed by atoms with Gasteiger partial charge in [-0.3, -0.25) is 4.90 Å². The highest BCUT2D eigenvalue weighted by Crippen LogP contribution is 2.17. The van der Waals surface area contributed by atoms with E-state index in [1.807, 2.05) is 0 Å². The number of nitrogens with zero attached hydrogens (tertiary/aromatic N) is 2. The van der Waals surface area contributed by atoms with E-state index in [1.54, 1.807) is 25.4 Å². The van der Waals surface area contributed by atoms with Crippen LogP contribution in [0.4, 0.5) is 16.3 Å². The summed E-state index contributed by atoms with van der Waals surface area (Å²) in [4.78, 5) is 16.3. The summed E-state index contributed by atoms with van der Waals surface area (Å²) in [7, 11) is 2.85. The molecule has 0 bridgehead atoms. The standard InChI is InChI=1S/C8H11N3O2/c1-11(8(12)13-2)7-6(9)4-3-5-10-7/h3-5H,9H2,1-2H3. The lowest BCUT2D eigenvalue weighted by Crippen LogP contribution is -2.27. The number of carbonyl (C=O) groups is 1. The summed E-state index contributed by atoms with van der Waals surface area (Å²) in [6, 6.07) is 3.37. The smallest absolute Gasteiger partial charge is 0.414 e. The molecule has 13 heavy (non-hydrogen) atoms. The monoisotopic (exact) mass is 181 g/mol. The van der Waals surface area contributed by atoms with Gasteiger partial charge in [0.2, 0.25) is 0 Å². The Balaban J connectivity index is 2.95. The number of methoxy groups -OCH3 is 1. The first-order chi connectivity index (χ1) is 6.16. The van der Waals surface area contributed by atoms with Crippen molar-refractivity contribution in [1.82, 2.24) is 4.98 Å². The molecule has 0 aliphatic carbocycles. The Kier molecular flexibility index (Phi) is 2.69. The van der Waals surface area contributed by atoms with Gasteiger partial charge in [0.05, 0.1) is 12.8 Å². The number of nitrogens with two attached hydrogens (primary N) is 1. The molecule has 70 valence electrons. The van der Waals surface area contributed by atoms with Crippen LogP contribution in [-0.4, -0.2) is 25.2 Å². The Bertz CT molecular complexity index is 314. The van der Waals surface area contributed by atoms with Crippen molar-refractivity contribution in [2.75, 3.05) is 24.8 Å². The molecular weight excluding hydrogens is 170 g/mol. The van der Waals surface area contributed by atoms with Crippen LogP contribution in [0.3, 0.4) is 0 Å². The first kappa shape index (κ1) is 9.31. The van der Waals surface area contributed by atoms with Gasteiger partial charge in [-0.15, -0.1) is 0 Å². The zero-order chi connectivity index (χ0) is 9.84. The minimum atomic E-state index is -0.495. The van der Waals surface area contributed by atoms with Crippen LogP contribution in [0.1, 0.15) is 0 Å². The van der Waals surface area contributed by atoms with Gasteiger partial charge in [0, 0.05) is 13.2 Å². The third-order valence-corrected chi connectivity index (χ3v) is 1.58. The van der Waals surface area contributed by atoms with Gasteiger partial charge in [-0.25, -0.2) is 9.78 Å². The van der Waals surface area contributed by atoms with Crippen molar-refractivity contribution in [2.24, 2.45) is 0 Å². The third-order valence-electron chi connectivity index (χ3n) is 1.58. The first-order valence-electron chi connectivity index (χ1n) is 3.69. The number of rotatable bonds is 1. The molecule has 1 heterocycles. The fraction of sp³-hybridized carbons (Fsp3) is 0.250. The van der Waals surface area contributed by atoms with Crippen molar-refractivity contribution in [3.8, 4) is 0 Å². The van der Waals surface area contributed by atoms with Gasteiger partial charge in [0.25, 0.3) is 0 Å². The Hall–Kier alpha value is -1.78. The van der Waals surface area contributed by atoms with Gasteiger partial charge in [0.1, 0.15) is 0 Å². The quantitative estimate of drug-likeness (QED) is 0.697. The van der Waals surface area contributed by atoms with Crippen molar-refractivity contribution in [2.45, 2.75) is 0 Å². The molecule has 1 aromatic rings. The predicted molar refractivity (Wildman–Crippen MR) is 49.5 cm³/mol. The highest BCUT2D eigenvalue weighted by molar-refractivity contribution is 5.89. The lowest BCUT2D eigenvalue weighted by molar-refractivity contribution is 0.180. The molecule has 0 saturated carbocycles. The molecule has 0 atom stereocenters. The van der Waals surface area contributed by atoms with Crippen LogP contribution in [0.5, 0.6) is 0 Å². The summed E-state index contributed by atoms with van der Waals surface area (Å²) in [5.74, 6) is 0.398. The van der Waals surface area contributed by atoms with Gasteiger partial charge < -0.3 is 10.5 Å². The van der Waals surface area contributed by atoms with Crippen LogP contribution in [0.15, 0.2) is 18.3 Å². The number of ether oxygens (including phenoxy) is 1. The maximum Gasteiger partial charge on any atom is 0.414 e. The summed E-state index contributed by atoms with van der Waals surface area (Å²) in [6.07, 6.45) is 1.07. The zero-order valence-corrected chi connectivity index (χ0v) is 7.52. The molecule has 2 N–H and O–H groups in total. The Morgan fingerprint density at radius 1 is 1.69 bits per heavy atom. The Morgan fingerprint density at radius 2 is 2.38 bits per heavy atom. The molecule has 0 fully saturated rings. The molecule has 0 aliphatic heterocycles. The molecule has 1 amide bonds. The first-order valence-corrected chi connectivity index (χ1v) is 3.69. The van der Waals surface area contributed by atoms with Gasteiger partial charge in [-0.1, -0.05) is 0 Å². The van der Waals surface area contributed by atoms with Crippen LogP contribution in [0.2, 0.25) is 0 Å². The summed E-state index contributed by atoms with van der Waals surface area (Å²) < 4.78 is 4.51. The van der Waals surface area contributed by atoms with Crippen molar-refractivity contribution >= 4 is 17.6 Å². The number of hydrogen-bond donors (Lipinski definition) is 1. The Labute approximate surface area is 76.1 Å².